The van der Waals surface area contributed by atoms with Crippen LogP contribution in [0, 0.1) is 11.7 Å². The van der Waals surface area contributed by atoms with Crippen LogP contribution in [0.4, 0.5) is 15.0 Å². The number of nitrogen functional groups attached to an aromatic ring is 1. The summed E-state index contributed by atoms with van der Waals surface area (Å²) in [4.78, 5) is 32.9. The standard InChI is InChI=1S/C18H15ClFN5O3/c19-10-4-5-11(20)15-13(10)17(26)25(9-3-6-12(21)22-7-9)16(23-15)14(8-1-2-8)24-18(27)28/h3-8,14,24H,1-2H2,(H2,21,22)(H,27,28). The van der Waals surface area contributed by atoms with Gasteiger partial charge in [0.2, 0.25) is 0 Å². The molecule has 0 saturated heterocycles. The van der Waals surface area contributed by atoms with Gasteiger partial charge in [-0.3, -0.25) is 9.36 Å². The molecule has 1 amide bonds. The number of anilines is 1. The van der Waals surface area contributed by atoms with Gasteiger partial charge in [-0.2, -0.15) is 0 Å². The molecule has 8 nitrogen and oxygen atoms in total. The van der Waals surface area contributed by atoms with Crippen LogP contribution in [-0.4, -0.2) is 25.7 Å². The molecule has 1 saturated carbocycles. The van der Waals surface area contributed by atoms with E-state index in [1.54, 1.807) is 6.07 Å². The first-order valence-electron chi connectivity index (χ1n) is 8.49. The quantitative estimate of drug-likeness (QED) is 0.615. The van der Waals surface area contributed by atoms with Crippen LogP contribution in [0.3, 0.4) is 0 Å². The smallest absolute Gasteiger partial charge is 0.405 e. The van der Waals surface area contributed by atoms with Gasteiger partial charge in [-0.1, -0.05) is 11.6 Å². The number of nitrogens with zero attached hydrogens (tertiary/aromatic N) is 3. The van der Waals surface area contributed by atoms with E-state index in [1.807, 2.05) is 0 Å². The van der Waals surface area contributed by atoms with Gasteiger partial charge in [-0.25, -0.2) is 19.2 Å². The summed E-state index contributed by atoms with van der Waals surface area (Å²) in [5.41, 5.74) is 5.13. The van der Waals surface area contributed by atoms with Crippen LogP contribution in [0.2, 0.25) is 5.02 Å². The van der Waals surface area contributed by atoms with Crippen LogP contribution >= 0.6 is 11.6 Å². The number of rotatable bonds is 4. The number of carboxylic acid groups (broad SMARTS) is 1. The second-order valence-corrected chi connectivity index (χ2v) is 6.98. The van der Waals surface area contributed by atoms with Gasteiger partial charge in [0.15, 0.2) is 0 Å². The third-order valence-corrected chi connectivity index (χ3v) is 4.94. The molecule has 4 rings (SSSR count). The summed E-state index contributed by atoms with van der Waals surface area (Å²) in [6.07, 6.45) is 1.62. The fourth-order valence-electron chi connectivity index (χ4n) is 3.18. The number of amides is 1. The van der Waals surface area contributed by atoms with Crippen molar-refractivity contribution in [2.45, 2.75) is 18.9 Å². The van der Waals surface area contributed by atoms with Crippen molar-refractivity contribution in [3.05, 3.63) is 57.5 Å². The second kappa shape index (κ2) is 6.75. The molecule has 1 aromatic carbocycles. The number of nitrogens with two attached hydrogens (primary N) is 1. The molecule has 4 N–H and O–H groups in total. The first-order chi connectivity index (χ1) is 13.4. The Balaban J connectivity index is 2.07. The van der Waals surface area contributed by atoms with Gasteiger partial charge in [-0.15, -0.1) is 0 Å². The van der Waals surface area contributed by atoms with Crippen molar-refractivity contribution in [3.63, 3.8) is 0 Å². The average molecular weight is 404 g/mol. The maximum Gasteiger partial charge on any atom is 0.405 e. The Morgan fingerprint density at radius 2 is 2.11 bits per heavy atom. The molecule has 0 radical (unpaired) electrons. The highest BCUT2D eigenvalue weighted by atomic mass is 35.5. The van der Waals surface area contributed by atoms with E-state index in [0.717, 1.165) is 18.9 Å². The Morgan fingerprint density at radius 1 is 1.36 bits per heavy atom. The Kier molecular flexibility index (Phi) is 4.38. The first kappa shape index (κ1) is 18.2. The third-order valence-electron chi connectivity index (χ3n) is 4.63. The van der Waals surface area contributed by atoms with E-state index >= 15 is 0 Å². The van der Waals surface area contributed by atoms with Gasteiger partial charge < -0.3 is 16.2 Å². The number of benzene rings is 1. The Labute approximate surface area is 162 Å². The summed E-state index contributed by atoms with van der Waals surface area (Å²) in [5, 5.41) is 11.6. The Morgan fingerprint density at radius 3 is 2.71 bits per heavy atom. The van der Waals surface area contributed by atoms with Gasteiger partial charge in [0.1, 0.15) is 23.0 Å². The molecular formula is C18H15ClFN5O3. The van der Waals surface area contributed by atoms with Crippen LogP contribution in [0.25, 0.3) is 16.6 Å². The summed E-state index contributed by atoms with van der Waals surface area (Å²) >= 11 is 6.14. The predicted molar refractivity (Wildman–Crippen MR) is 101 cm³/mol. The van der Waals surface area contributed by atoms with Gasteiger partial charge >= 0.3 is 6.09 Å². The average Bonchev–Trinajstić information content (AvgIpc) is 3.48. The van der Waals surface area contributed by atoms with E-state index in [-0.39, 0.29) is 33.5 Å². The fraction of sp³-hybridized carbons (Fsp3) is 0.222. The molecule has 28 heavy (non-hydrogen) atoms. The molecule has 0 aliphatic heterocycles. The maximum atomic E-state index is 14.4. The van der Waals surface area contributed by atoms with Gasteiger partial charge in [0.05, 0.1) is 28.3 Å². The molecule has 0 spiro atoms. The minimum atomic E-state index is -1.26. The number of aromatic nitrogens is 3. The number of nitrogens with one attached hydrogen (secondary N) is 1. The summed E-state index contributed by atoms with van der Waals surface area (Å²) in [6, 6.07) is 4.66. The van der Waals surface area contributed by atoms with Crippen molar-refractivity contribution in [1.82, 2.24) is 19.9 Å². The number of fused-ring (bicyclic) bond motifs is 1. The highest BCUT2D eigenvalue weighted by Crippen LogP contribution is 2.41. The van der Waals surface area contributed by atoms with E-state index in [1.165, 1.54) is 22.9 Å². The zero-order valence-electron chi connectivity index (χ0n) is 14.4. The second-order valence-electron chi connectivity index (χ2n) is 6.57. The minimum Gasteiger partial charge on any atom is -0.465 e. The monoisotopic (exact) mass is 403 g/mol. The fourth-order valence-corrected chi connectivity index (χ4v) is 3.41. The van der Waals surface area contributed by atoms with E-state index < -0.39 is 23.5 Å². The molecule has 1 unspecified atom stereocenters. The van der Waals surface area contributed by atoms with Crippen molar-refractivity contribution >= 4 is 34.4 Å². The first-order valence-corrected chi connectivity index (χ1v) is 8.86. The van der Waals surface area contributed by atoms with Gasteiger partial charge in [-0.05, 0) is 43.0 Å². The van der Waals surface area contributed by atoms with Crippen LogP contribution < -0.4 is 16.6 Å². The molecule has 2 aromatic heterocycles. The van der Waals surface area contributed by atoms with Crippen molar-refractivity contribution in [3.8, 4) is 5.69 Å². The number of hydrogen-bond acceptors (Lipinski definition) is 5. The highest BCUT2D eigenvalue weighted by molar-refractivity contribution is 6.35. The van der Waals surface area contributed by atoms with Crippen molar-refractivity contribution < 1.29 is 14.3 Å². The van der Waals surface area contributed by atoms with E-state index in [2.05, 4.69) is 15.3 Å². The van der Waals surface area contributed by atoms with Crippen LogP contribution in [0.1, 0.15) is 24.7 Å². The number of pyridine rings is 1. The number of halogens is 2. The Hall–Kier alpha value is -3.20. The predicted octanol–water partition coefficient (Wildman–Crippen LogP) is 2.87. The largest absolute Gasteiger partial charge is 0.465 e. The molecule has 10 heteroatoms. The number of carbonyl (C=O) groups is 1. The molecule has 144 valence electrons. The summed E-state index contributed by atoms with van der Waals surface area (Å²) in [5.74, 6) is -0.436. The topological polar surface area (TPSA) is 123 Å². The zero-order chi connectivity index (χ0) is 20.0. The van der Waals surface area contributed by atoms with E-state index in [9.17, 15) is 19.1 Å². The van der Waals surface area contributed by atoms with Crippen molar-refractivity contribution in [2.24, 2.45) is 5.92 Å². The molecule has 0 bridgehead atoms. The van der Waals surface area contributed by atoms with E-state index in [0.29, 0.717) is 5.69 Å². The summed E-state index contributed by atoms with van der Waals surface area (Å²) < 4.78 is 15.6. The summed E-state index contributed by atoms with van der Waals surface area (Å²) in [6.45, 7) is 0. The van der Waals surface area contributed by atoms with Crippen LogP contribution in [0.5, 0.6) is 0 Å². The molecule has 1 atom stereocenters. The lowest BCUT2D eigenvalue weighted by molar-refractivity contribution is 0.187. The van der Waals surface area contributed by atoms with Gasteiger partial charge in [0, 0.05) is 0 Å². The molecule has 3 aromatic rings. The van der Waals surface area contributed by atoms with Crippen molar-refractivity contribution in [2.75, 3.05) is 5.73 Å². The molecule has 1 fully saturated rings. The normalized spacial score (nSPS) is 14.8. The zero-order valence-corrected chi connectivity index (χ0v) is 15.2. The van der Waals surface area contributed by atoms with Gasteiger partial charge in [0.25, 0.3) is 5.56 Å². The molecule has 2 heterocycles. The molecular weight excluding hydrogens is 389 g/mol. The lowest BCUT2D eigenvalue weighted by atomic mass is 10.1. The highest BCUT2D eigenvalue weighted by Gasteiger charge is 2.37. The summed E-state index contributed by atoms with van der Waals surface area (Å²) in [7, 11) is 0. The van der Waals surface area contributed by atoms with Crippen LogP contribution in [-0.2, 0) is 0 Å². The van der Waals surface area contributed by atoms with E-state index in [4.69, 9.17) is 17.3 Å². The lowest BCUT2D eigenvalue weighted by Crippen LogP contribution is -2.35. The SMILES string of the molecule is Nc1ccc(-n2c(C(NC(=O)O)C3CC3)nc3c(F)ccc(Cl)c3c2=O)cn1. The third kappa shape index (κ3) is 3.13. The number of hydrogen-bond donors (Lipinski definition) is 3. The maximum absolute atomic E-state index is 14.4. The van der Waals surface area contributed by atoms with Crippen LogP contribution in [0.15, 0.2) is 35.3 Å². The molecule has 1 aliphatic carbocycles. The lowest BCUT2D eigenvalue weighted by Gasteiger charge is -2.21. The van der Waals surface area contributed by atoms with Crippen molar-refractivity contribution in [1.29, 1.82) is 0 Å². The minimum absolute atomic E-state index is 0.0457. The Bertz CT molecular complexity index is 1140. The molecule has 1 aliphatic rings.